The Hall–Kier alpha value is -3.60. The van der Waals surface area contributed by atoms with Crippen LogP contribution in [0.5, 0.6) is 0 Å². The Bertz CT molecular complexity index is 903. The van der Waals surface area contributed by atoms with Gasteiger partial charge in [0.05, 0.1) is 24.9 Å². The number of methoxy groups -OCH3 is 1. The first-order chi connectivity index (χ1) is 11.6. The smallest absolute Gasteiger partial charge is 0.357 e. The Kier molecular flexibility index (Phi) is 3.99. The number of nitrogen functional groups attached to an aromatic ring is 1. The molecule has 0 aliphatic heterocycles. The molecule has 2 N–H and O–H groups in total. The van der Waals surface area contributed by atoms with Crippen LogP contribution in [0.4, 0.5) is 5.69 Å². The van der Waals surface area contributed by atoms with Crippen LogP contribution >= 0.6 is 0 Å². The predicted octanol–water partition coefficient (Wildman–Crippen LogP) is 1.36. The number of carbonyl (C=O) groups is 1. The standard InChI is InChI=1S/C16H14N6O2/c1-24-16(23)15-14(18)12(6-17)8-22(15)13-4-2-11(3-5-13)7-21-10-19-9-20-21/h2-5,8-10H,7,18H2,1H3. The highest BCUT2D eigenvalue weighted by Crippen LogP contribution is 2.24. The lowest BCUT2D eigenvalue weighted by molar-refractivity contribution is 0.0593. The molecule has 0 spiro atoms. The molecule has 0 aliphatic rings. The average Bonchev–Trinajstić information content (AvgIpc) is 3.22. The quantitative estimate of drug-likeness (QED) is 0.726. The summed E-state index contributed by atoms with van der Waals surface area (Å²) in [4.78, 5) is 15.9. The van der Waals surface area contributed by atoms with Crippen LogP contribution in [-0.4, -0.2) is 32.4 Å². The summed E-state index contributed by atoms with van der Waals surface area (Å²) in [6.07, 6.45) is 4.63. The number of hydrogen-bond donors (Lipinski definition) is 1. The van der Waals surface area contributed by atoms with Gasteiger partial charge in [-0.05, 0) is 17.7 Å². The molecule has 3 aromatic rings. The van der Waals surface area contributed by atoms with E-state index >= 15 is 0 Å². The Morgan fingerprint density at radius 3 is 2.71 bits per heavy atom. The molecule has 120 valence electrons. The molecule has 0 bridgehead atoms. The predicted molar refractivity (Wildman–Crippen MR) is 85.4 cm³/mol. The molecule has 24 heavy (non-hydrogen) atoms. The molecular weight excluding hydrogens is 308 g/mol. The van der Waals surface area contributed by atoms with E-state index in [1.54, 1.807) is 15.6 Å². The van der Waals surface area contributed by atoms with Crippen molar-refractivity contribution in [3.8, 4) is 11.8 Å². The number of hydrogen-bond acceptors (Lipinski definition) is 6. The number of ether oxygens (including phenoxy) is 1. The Morgan fingerprint density at radius 1 is 1.38 bits per heavy atom. The zero-order chi connectivity index (χ0) is 17.1. The Morgan fingerprint density at radius 2 is 2.12 bits per heavy atom. The third-order valence-corrected chi connectivity index (χ3v) is 3.57. The second kappa shape index (κ2) is 6.26. The van der Waals surface area contributed by atoms with Gasteiger partial charge in [-0.15, -0.1) is 0 Å². The van der Waals surface area contributed by atoms with E-state index in [4.69, 9.17) is 15.7 Å². The number of aromatic nitrogens is 4. The number of benzene rings is 1. The van der Waals surface area contributed by atoms with E-state index in [2.05, 4.69) is 10.1 Å². The molecule has 8 heteroatoms. The van der Waals surface area contributed by atoms with Gasteiger partial charge in [0.1, 0.15) is 18.7 Å². The summed E-state index contributed by atoms with van der Waals surface area (Å²) in [6, 6.07) is 9.45. The molecule has 0 saturated carbocycles. The van der Waals surface area contributed by atoms with Gasteiger partial charge in [-0.25, -0.2) is 14.5 Å². The molecule has 0 unspecified atom stereocenters. The van der Waals surface area contributed by atoms with Crippen molar-refractivity contribution in [2.45, 2.75) is 6.54 Å². The minimum Gasteiger partial charge on any atom is -0.464 e. The summed E-state index contributed by atoms with van der Waals surface area (Å²) < 4.78 is 8.02. The minimum atomic E-state index is -0.597. The van der Waals surface area contributed by atoms with E-state index in [-0.39, 0.29) is 16.9 Å². The van der Waals surface area contributed by atoms with Crippen molar-refractivity contribution < 1.29 is 9.53 Å². The summed E-state index contributed by atoms with van der Waals surface area (Å²) in [5.41, 5.74) is 8.07. The second-order valence-electron chi connectivity index (χ2n) is 5.04. The largest absolute Gasteiger partial charge is 0.464 e. The number of nitrogens with two attached hydrogens (primary N) is 1. The van der Waals surface area contributed by atoms with Crippen molar-refractivity contribution in [2.75, 3.05) is 12.8 Å². The van der Waals surface area contributed by atoms with Crippen molar-refractivity contribution in [1.82, 2.24) is 19.3 Å². The van der Waals surface area contributed by atoms with Gasteiger partial charge in [-0.2, -0.15) is 10.4 Å². The van der Waals surface area contributed by atoms with Crippen molar-refractivity contribution >= 4 is 11.7 Å². The fourth-order valence-electron chi connectivity index (χ4n) is 2.38. The molecule has 0 fully saturated rings. The molecule has 3 rings (SSSR count). The first-order valence-corrected chi connectivity index (χ1v) is 7.05. The summed E-state index contributed by atoms with van der Waals surface area (Å²) >= 11 is 0. The molecule has 0 radical (unpaired) electrons. The third-order valence-electron chi connectivity index (χ3n) is 3.57. The molecule has 2 aromatic heterocycles. The zero-order valence-electron chi connectivity index (χ0n) is 12.9. The van der Waals surface area contributed by atoms with Gasteiger partial charge in [0.2, 0.25) is 0 Å². The van der Waals surface area contributed by atoms with Gasteiger partial charge >= 0.3 is 5.97 Å². The van der Waals surface area contributed by atoms with E-state index in [1.807, 2.05) is 30.3 Å². The normalized spacial score (nSPS) is 10.3. The van der Waals surface area contributed by atoms with Crippen LogP contribution in [0.3, 0.4) is 0 Å². The van der Waals surface area contributed by atoms with Crippen LogP contribution in [0.25, 0.3) is 5.69 Å². The molecule has 0 aliphatic carbocycles. The van der Waals surface area contributed by atoms with Gasteiger partial charge in [-0.3, -0.25) is 0 Å². The van der Waals surface area contributed by atoms with Gasteiger partial charge in [0.25, 0.3) is 0 Å². The van der Waals surface area contributed by atoms with Gasteiger partial charge in [0, 0.05) is 11.9 Å². The van der Waals surface area contributed by atoms with E-state index in [1.165, 1.54) is 19.6 Å². The summed E-state index contributed by atoms with van der Waals surface area (Å²) in [7, 11) is 1.27. The highest BCUT2D eigenvalue weighted by Gasteiger charge is 2.21. The maximum atomic E-state index is 12.0. The van der Waals surface area contributed by atoms with Gasteiger partial charge < -0.3 is 15.0 Å². The molecule has 2 heterocycles. The zero-order valence-corrected chi connectivity index (χ0v) is 12.9. The summed E-state index contributed by atoms with van der Waals surface area (Å²) in [5, 5.41) is 13.2. The number of rotatable bonds is 4. The van der Waals surface area contributed by atoms with E-state index < -0.39 is 5.97 Å². The van der Waals surface area contributed by atoms with Crippen molar-refractivity contribution in [3.63, 3.8) is 0 Å². The lowest BCUT2D eigenvalue weighted by atomic mass is 10.2. The molecular formula is C16H14N6O2. The molecule has 0 atom stereocenters. The average molecular weight is 322 g/mol. The van der Waals surface area contributed by atoms with Crippen LogP contribution in [0.2, 0.25) is 0 Å². The Balaban J connectivity index is 1.97. The summed E-state index contributed by atoms with van der Waals surface area (Å²) in [6.45, 7) is 0.585. The second-order valence-corrected chi connectivity index (χ2v) is 5.04. The number of carbonyl (C=O) groups excluding carboxylic acids is 1. The fraction of sp³-hybridized carbons (Fsp3) is 0.125. The molecule has 0 saturated heterocycles. The van der Waals surface area contributed by atoms with Crippen LogP contribution < -0.4 is 5.73 Å². The van der Waals surface area contributed by atoms with Crippen molar-refractivity contribution in [1.29, 1.82) is 5.26 Å². The Labute approximate surface area is 137 Å². The maximum absolute atomic E-state index is 12.0. The van der Waals surface area contributed by atoms with Crippen LogP contribution in [0, 0.1) is 11.3 Å². The van der Waals surface area contributed by atoms with E-state index in [0.29, 0.717) is 12.2 Å². The summed E-state index contributed by atoms with van der Waals surface area (Å²) in [5.74, 6) is -0.597. The lowest BCUT2D eigenvalue weighted by Gasteiger charge is -2.09. The number of nitriles is 1. The van der Waals surface area contributed by atoms with Crippen LogP contribution in [0.1, 0.15) is 21.6 Å². The fourth-order valence-corrected chi connectivity index (χ4v) is 2.38. The number of esters is 1. The molecule has 1 aromatic carbocycles. The molecule has 8 nitrogen and oxygen atoms in total. The highest BCUT2D eigenvalue weighted by molar-refractivity contribution is 5.95. The van der Waals surface area contributed by atoms with Crippen LogP contribution in [0.15, 0.2) is 43.1 Å². The minimum absolute atomic E-state index is 0.107. The number of anilines is 1. The monoisotopic (exact) mass is 322 g/mol. The molecule has 0 amide bonds. The van der Waals surface area contributed by atoms with Crippen molar-refractivity contribution in [2.24, 2.45) is 0 Å². The van der Waals surface area contributed by atoms with Crippen LogP contribution in [-0.2, 0) is 11.3 Å². The lowest BCUT2D eigenvalue weighted by Crippen LogP contribution is -2.11. The van der Waals surface area contributed by atoms with Crippen molar-refractivity contribution in [3.05, 3.63) is 59.9 Å². The maximum Gasteiger partial charge on any atom is 0.357 e. The van der Waals surface area contributed by atoms with Gasteiger partial charge in [0.15, 0.2) is 5.69 Å². The topological polar surface area (TPSA) is 112 Å². The van der Waals surface area contributed by atoms with Gasteiger partial charge in [-0.1, -0.05) is 12.1 Å². The SMILES string of the molecule is COC(=O)c1c(N)c(C#N)cn1-c1ccc(Cn2cncn2)cc1. The van der Waals surface area contributed by atoms with E-state index in [9.17, 15) is 4.79 Å². The number of nitrogens with zero attached hydrogens (tertiary/aromatic N) is 5. The third kappa shape index (κ3) is 2.70. The first kappa shape index (κ1) is 15.3. The first-order valence-electron chi connectivity index (χ1n) is 7.05. The van der Waals surface area contributed by atoms with E-state index in [0.717, 1.165) is 5.56 Å². The highest BCUT2D eigenvalue weighted by atomic mass is 16.5.